The molecular formula is C27H40F2N2O6. The largest absolute Gasteiger partial charge is 0.459 e. The van der Waals surface area contributed by atoms with Crippen LogP contribution in [0.25, 0.3) is 0 Å². The Morgan fingerprint density at radius 1 is 0.892 bits per heavy atom. The van der Waals surface area contributed by atoms with Crippen LogP contribution < -0.4 is 10.6 Å². The molecule has 2 N–H and O–H groups in total. The molecule has 0 heterocycles. The predicted octanol–water partition coefficient (Wildman–Crippen LogP) is 4.76. The number of halogens is 2. The van der Waals surface area contributed by atoms with Gasteiger partial charge < -0.3 is 24.8 Å². The first-order valence-corrected chi connectivity index (χ1v) is 11.7. The summed E-state index contributed by atoms with van der Waals surface area (Å²) in [4.78, 5) is 38.3. The standard InChI is InChI=1S/C26H34N2O6.CH2F2.2H2/c1-26(2,3)34-25(31)28-21(15-16-32-4)23(29)27-22(17-19-11-7-5-8-12-19)24(30)33-18-20-13-9-6-10-14-20;2-1-3;;/h5-14,21-22H,15-18H2,1-4H3,(H,27,29)(H,28,31);1H2;2*1H/t21-,22-;;;/m0.../s1. The zero-order valence-electron chi connectivity index (χ0n) is 21.7. The lowest BCUT2D eigenvalue weighted by molar-refractivity contribution is -0.149. The highest BCUT2D eigenvalue weighted by molar-refractivity contribution is 5.89. The van der Waals surface area contributed by atoms with Crippen molar-refractivity contribution in [2.24, 2.45) is 0 Å². The van der Waals surface area contributed by atoms with Gasteiger partial charge in [-0.2, -0.15) is 0 Å². The average Bonchev–Trinajstić information content (AvgIpc) is 2.85. The van der Waals surface area contributed by atoms with Gasteiger partial charge >= 0.3 is 12.1 Å². The number of rotatable bonds is 11. The van der Waals surface area contributed by atoms with Crippen molar-refractivity contribution < 1.29 is 40.2 Å². The third kappa shape index (κ3) is 14.0. The number of alkyl carbamates (subject to hydrolysis) is 1. The minimum absolute atomic E-state index is 0. The Balaban J connectivity index is 0. The highest BCUT2D eigenvalue weighted by atomic mass is 19.3. The van der Waals surface area contributed by atoms with Gasteiger partial charge in [0.2, 0.25) is 12.8 Å². The summed E-state index contributed by atoms with van der Waals surface area (Å²) in [5.74, 6) is -1.09. The fraction of sp³-hybridized carbons (Fsp3) is 0.444. The predicted molar refractivity (Wildman–Crippen MR) is 139 cm³/mol. The smallest absolute Gasteiger partial charge is 0.408 e. The van der Waals surface area contributed by atoms with E-state index < -0.39 is 42.6 Å². The van der Waals surface area contributed by atoms with Crippen LogP contribution in [0.15, 0.2) is 60.7 Å². The number of hydrogen-bond donors (Lipinski definition) is 2. The molecule has 2 aromatic rings. The second-order valence-electron chi connectivity index (χ2n) is 8.93. The number of carbonyl (C=O) groups excluding carboxylic acids is 3. The van der Waals surface area contributed by atoms with Gasteiger partial charge in [0.25, 0.3) is 0 Å². The fourth-order valence-corrected chi connectivity index (χ4v) is 3.10. The lowest BCUT2D eigenvalue weighted by atomic mass is 10.0. The van der Waals surface area contributed by atoms with Crippen molar-refractivity contribution in [3.05, 3.63) is 71.8 Å². The molecule has 208 valence electrons. The van der Waals surface area contributed by atoms with E-state index in [0.717, 1.165) is 11.1 Å². The van der Waals surface area contributed by atoms with E-state index in [2.05, 4.69) is 10.6 Å². The molecule has 0 aromatic heterocycles. The van der Waals surface area contributed by atoms with E-state index in [-0.39, 0.29) is 28.9 Å². The van der Waals surface area contributed by atoms with Crippen LogP contribution in [0.3, 0.4) is 0 Å². The van der Waals surface area contributed by atoms with Crippen molar-refractivity contribution in [2.75, 3.05) is 20.6 Å². The molecule has 8 nitrogen and oxygen atoms in total. The van der Waals surface area contributed by atoms with Crippen LogP contribution in [-0.2, 0) is 36.8 Å². The van der Waals surface area contributed by atoms with Gasteiger partial charge in [0.15, 0.2) is 0 Å². The summed E-state index contributed by atoms with van der Waals surface area (Å²) in [5.41, 5.74) is 0.979. The molecule has 0 aliphatic rings. The maximum absolute atomic E-state index is 13.1. The maximum Gasteiger partial charge on any atom is 0.408 e. The third-order valence-corrected chi connectivity index (χ3v) is 4.73. The molecule has 0 bridgehead atoms. The van der Waals surface area contributed by atoms with Crippen molar-refractivity contribution in [3.8, 4) is 0 Å². The summed E-state index contributed by atoms with van der Waals surface area (Å²) in [5, 5.41) is 5.31. The summed E-state index contributed by atoms with van der Waals surface area (Å²) < 4.78 is 35.1. The first-order valence-electron chi connectivity index (χ1n) is 11.7. The van der Waals surface area contributed by atoms with Crippen molar-refractivity contribution in [1.29, 1.82) is 0 Å². The van der Waals surface area contributed by atoms with Gasteiger partial charge in [-0.25, -0.2) is 18.4 Å². The van der Waals surface area contributed by atoms with Gasteiger partial charge in [0.1, 0.15) is 24.3 Å². The summed E-state index contributed by atoms with van der Waals surface area (Å²) in [6.45, 7) is 3.76. The highest BCUT2D eigenvalue weighted by Gasteiger charge is 2.29. The molecule has 0 unspecified atom stereocenters. The molecule has 2 aromatic carbocycles. The molecule has 2 rings (SSSR count). The van der Waals surface area contributed by atoms with Crippen molar-refractivity contribution in [1.82, 2.24) is 10.6 Å². The van der Waals surface area contributed by atoms with E-state index in [0.29, 0.717) is 0 Å². The zero-order chi connectivity index (χ0) is 27.7. The molecule has 0 spiro atoms. The molecule has 0 radical (unpaired) electrons. The summed E-state index contributed by atoms with van der Waals surface area (Å²) in [7, 11) is 1.50. The van der Waals surface area contributed by atoms with Crippen LogP contribution in [0.2, 0.25) is 0 Å². The number of alkyl halides is 2. The molecule has 0 aliphatic heterocycles. The number of benzene rings is 2. The van der Waals surface area contributed by atoms with Crippen molar-refractivity contribution in [2.45, 2.75) is 57.9 Å². The minimum Gasteiger partial charge on any atom is -0.459 e. The molecule has 37 heavy (non-hydrogen) atoms. The van der Waals surface area contributed by atoms with E-state index in [1.54, 1.807) is 20.8 Å². The number of ether oxygens (including phenoxy) is 3. The topological polar surface area (TPSA) is 103 Å². The number of nitrogens with one attached hydrogen (secondary N) is 2. The SMILES string of the molecule is COCC[C@H](NC(=O)OC(C)(C)C)C(=O)N[C@@H](Cc1ccccc1)C(=O)OCc1ccccc1.FCF.[HH].[HH]. The Kier molecular flexibility index (Phi) is 14.5. The number of hydrogen-bond acceptors (Lipinski definition) is 6. The normalized spacial score (nSPS) is 12.3. The van der Waals surface area contributed by atoms with E-state index >= 15 is 0 Å². The zero-order valence-corrected chi connectivity index (χ0v) is 21.7. The van der Waals surface area contributed by atoms with Gasteiger partial charge in [0.05, 0.1) is 0 Å². The first-order chi connectivity index (χ1) is 17.6. The van der Waals surface area contributed by atoms with Crippen molar-refractivity contribution >= 4 is 18.0 Å². The van der Waals surface area contributed by atoms with Gasteiger partial charge in [-0.15, -0.1) is 0 Å². The lowest BCUT2D eigenvalue weighted by Crippen LogP contribution is -2.53. The minimum atomic E-state index is -1.75. The molecule has 0 fully saturated rings. The fourth-order valence-electron chi connectivity index (χ4n) is 3.10. The quantitative estimate of drug-likeness (QED) is 0.409. The van der Waals surface area contributed by atoms with Crippen LogP contribution in [0.4, 0.5) is 13.6 Å². The lowest BCUT2D eigenvalue weighted by Gasteiger charge is -2.25. The Labute approximate surface area is 219 Å². The monoisotopic (exact) mass is 526 g/mol. The maximum atomic E-state index is 13.1. The second kappa shape index (κ2) is 17.0. The van der Waals surface area contributed by atoms with Crippen LogP contribution >= 0.6 is 0 Å². The van der Waals surface area contributed by atoms with Gasteiger partial charge in [0, 0.05) is 29.4 Å². The van der Waals surface area contributed by atoms with E-state index in [9.17, 15) is 23.2 Å². The van der Waals surface area contributed by atoms with Crippen LogP contribution in [0.1, 0.15) is 41.2 Å². The molecule has 2 amide bonds. The number of carbonyl (C=O) groups is 3. The highest BCUT2D eigenvalue weighted by Crippen LogP contribution is 2.10. The summed E-state index contributed by atoms with van der Waals surface area (Å²) in [6, 6.07) is 16.7. The molecule has 2 atom stereocenters. The Morgan fingerprint density at radius 2 is 1.43 bits per heavy atom. The Hall–Kier alpha value is -3.53. The molecule has 0 aliphatic carbocycles. The second-order valence-corrected chi connectivity index (χ2v) is 8.93. The number of esters is 1. The van der Waals surface area contributed by atoms with Crippen molar-refractivity contribution in [3.63, 3.8) is 0 Å². The molecule has 0 saturated carbocycles. The van der Waals surface area contributed by atoms with Gasteiger partial charge in [-0.05, 0) is 31.9 Å². The van der Waals surface area contributed by atoms with Crippen LogP contribution in [0, 0.1) is 0 Å². The van der Waals surface area contributed by atoms with E-state index in [4.69, 9.17) is 14.2 Å². The van der Waals surface area contributed by atoms with Crippen LogP contribution in [-0.4, -0.2) is 56.3 Å². The molecule has 10 heteroatoms. The first kappa shape index (κ1) is 31.5. The van der Waals surface area contributed by atoms with E-state index in [1.807, 2.05) is 60.7 Å². The van der Waals surface area contributed by atoms with Gasteiger partial charge in [-0.1, -0.05) is 60.7 Å². The molecule has 0 saturated heterocycles. The third-order valence-electron chi connectivity index (χ3n) is 4.73. The average molecular weight is 527 g/mol. The summed E-state index contributed by atoms with van der Waals surface area (Å²) in [6.07, 6.45) is -0.280. The van der Waals surface area contributed by atoms with E-state index in [1.165, 1.54) is 7.11 Å². The Bertz CT molecular complexity index is 950. The molecular weight excluding hydrogens is 486 g/mol. The summed E-state index contributed by atoms with van der Waals surface area (Å²) >= 11 is 0. The van der Waals surface area contributed by atoms with Gasteiger partial charge in [-0.3, -0.25) is 4.79 Å². The Morgan fingerprint density at radius 3 is 1.95 bits per heavy atom. The van der Waals surface area contributed by atoms with Crippen LogP contribution in [0.5, 0.6) is 0 Å². The number of amides is 2. The number of methoxy groups -OCH3 is 1.